The fourth-order valence-electron chi connectivity index (χ4n) is 1.57. The van der Waals surface area contributed by atoms with E-state index in [0.29, 0.717) is 6.42 Å². The molecule has 0 unspecified atom stereocenters. The lowest BCUT2D eigenvalue weighted by Gasteiger charge is -2.06. The van der Waals surface area contributed by atoms with Crippen LogP contribution in [0.15, 0.2) is 30.5 Å². The molecule has 2 rings (SSSR count). The minimum absolute atomic E-state index is 0.358. The van der Waals surface area contributed by atoms with Gasteiger partial charge in [-0.2, -0.15) is 0 Å². The lowest BCUT2D eigenvalue weighted by atomic mass is 10.1. The smallest absolute Gasteiger partial charge is 0.320 e. The van der Waals surface area contributed by atoms with Crippen LogP contribution in [0.1, 0.15) is 5.56 Å². The fourth-order valence-corrected chi connectivity index (χ4v) is 1.57. The third-order valence-corrected chi connectivity index (χ3v) is 2.39. The zero-order valence-electron chi connectivity index (χ0n) is 8.10. The first-order valence-corrected chi connectivity index (χ1v) is 4.71. The Kier molecular flexibility index (Phi) is 2.43. The maximum atomic E-state index is 10.6. The largest absolute Gasteiger partial charge is 0.480 e. The number of rotatable bonds is 3. The number of carboxylic acids is 1. The van der Waals surface area contributed by atoms with E-state index in [1.807, 2.05) is 30.5 Å². The van der Waals surface area contributed by atoms with Crippen molar-refractivity contribution in [3.8, 4) is 0 Å². The standard InChI is InChI=1S/C11H12N2O2/c12-9(11(14)15)6-7-1-2-10-8(5-7)3-4-13-10/h1-5,9,13H,6,12H2,(H,14,15)/t9-/m1/s1. The molecule has 1 heterocycles. The van der Waals surface area contributed by atoms with Crippen LogP contribution < -0.4 is 5.73 Å². The van der Waals surface area contributed by atoms with Gasteiger partial charge in [-0.05, 0) is 35.6 Å². The van der Waals surface area contributed by atoms with E-state index >= 15 is 0 Å². The molecule has 78 valence electrons. The van der Waals surface area contributed by atoms with Gasteiger partial charge in [0.2, 0.25) is 0 Å². The number of carboxylic acid groups (broad SMARTS) is 1. The van der Waals surface area contributed by atoms with E-state index in [1.165, 1.54) is 0 Å². The summed E-state index contributed by atoms with van der Waals surface area (Å²) >= 11 is 0. The van der Waals surface area contributed by atoms with Crippen LogP contribution in [-0.2, 0) is 11.2 Å². The van der Waals surface area contributed by atoms with Crippen LogP contribution >= 0.6 is 0 Å². The molecule has 0 aliphatic heterocycles. The predicted molar refractivity (Wildman–Crippen MR) is 57.6 cm³/mol. The summed E-state index contributed by atoms with van der Waals surface area (Å²) in [6.07, 6.45) is 2.21. The predicted octanol–water partition coefficient (Wildman–Crippen LogP) is 1.12. The Morgan fingerprint density at radius 2 is 2.27 bits per heavy atom. The number of carbonyl (C=O) groups is 1. The highest BCUT2D eigenvalue weighted by molar-refractivity contribution is 5.80. The van der Waals surface area contributed by atoms with E-state index in [2.05, 4.69) is 4.98 Å². The Hall–Kier alpha value is -1.81. The summed E-state index contributed by atoms with van der Waals surface area (Å²) in [5, 5.41) is 9.76. The van der Waals surface area contributed by atoms with Crippen LogP contribution in [0.2, 0.25) is 0 Å². The Balaban J connectivity index is 2.24. The van der Waals surface area contributed by atoms with Gasteiger partial charge in [-0.25, -0.2) is 0 Å². The maximum absolute atomic E-state index is 10.6. The molecule has 15 heavy (non-hydrogen) atoms. The first kappa shape index (κ1) is 9.73. The van der Waals surface area contributed by atoms with Gasteiger partial charge in [0.15, 0.2) is 0 Å². The van der Waals surface area contributed by atoms with Gasteiger partial charge in [0.1, 0.15) is 6.04 Å². The lowest BCUT2D eigenvalue weighted by Crippen LogP contribution is -2.32. The van der Waals surface area contributed by atoms with Crippen molar-refractivity contribution < 1.29 is 9.90 Å². The van der Waals surface area contributed by atoms with E-state index in [1.54, 1.807) is 0 Å². The molecule has 0 spiro atoms. The molecule has 1 aromatic carbocycles. The quantitative estimate of drug-likeness (QED) is 0.701. The number of nitrogens with one attached hydrogen (secondary N) is 1. The van der Waals surface area contributed by atoms with Crippen molar-refractivity contribution in [2.45, 2.75) is 12.5 Å². The molecular formula is C11H12N2O2. The molecule has 4 heteroatoms. The maximum Gasteiger partial charge on any atom is 0.320 e. The monoisotopic (exact) mass is 204 g/mol. The normalized spacial score (nSPS) is 12.9. The Labute approximate surface area is 86.7 Å². The Morgan fingerprint density at radius 1 is 1.47 bits per heavy atom. The molecule has 0 bridgehead atoms. The van der Waals surface area contributed by atoms with Gasteiger partial charge in [-0.15, -0.1) is 0 Å². The zero-order valence-corrected chi connectivity index (χ0v) is 8.10. The average Bonchev–Trinajstić information content (AvgIpc) is 2.64. The molecule has 2 aromatic rings. The number of aliphatic carboxylic acids is 1. The van der Waals surface area contributed by atoms with E-state index in [0.717, 1.165) is 16.5 Å². The number of hydrogen-bond acceptors (Lipinski definition) is 2. The highest BCUT2D eigenvalue weighted by atomic mass is 16.4. The van der Waals surface area contributed by atoms with Crippen LogP contribution in [-0.4, -0.2) is 22.1 Å². The van der Waals surface area contributed by atoms with Gasteiger partial charge in [0, 0.05) is 11.7 Å². The van der Waals surface area contributed by atoms with Crippen molar-refractivity contribution in [3.05, 3.63) is 36.0 Å². The highest BCUT2D eigenvalue weighted by Gasteiger charge is 2.12. The first-order valence-electron chi connectivity index (χ1n) is 4.71. The van der Waals surface area contributed by atoms with Crippen molar-refractivity contribution in [1.29, 1.82) is 0 Å². The topological polar surface area (TPSA) is 79.1 Å². The second-order valence-electron chi connectivity index (χ2n) is 3.55. The summed E-state index contributed by atoms with van der Waals surface area (Å²) in [5.41, 5.74) is 7.45. The van der Waals surface area contributed by atoms with Crippen LogP contribution in [0.5, 0.6) is 0 Å². The minimum Gasteiger partial charge on any atom is -0.480 e. The van der Waals surface area contributed by atoms with E-state index in [9.17, 15) is 4.79 Å². The van der Waals surface area contributed by atoms with Crippen molar-refractivity contribution in [3.63, 3.8) is 0 Å². The van der Waals surface area contributed by atoms with E-state index in [-0.39, 0.29) is 0 Å². The van der Waals surface area contributed by atoms with Crippen LogP contribution in [0.3, 0.4) is 0 Å². The zero-order chi connectivity index (χ0) is 10.8. The number of benzene rings is 1. The van der Waals surface area contributed by atoms with Crippen LogP contribution in [0.4, 0.5) is 0 Å². The third kappa shape index (κ3) is 1.99. The van der Waals surface area contributed by atoms with Crippen molar-refractivity contribution in [2.24, 2.45) is 5.73 Å². The lowest BCUT2D eigenvalue weighted by molar-refractivity contribution is -0.138. The number of fused-ring (bicyclic) bond motifs is 1. The van der Waals surface area contributed by atoms with Gasteiger partial charge >= 0.3 is 5.97 Å². The van der Waals surface area contributed by atoms with Crippen LogP contribution in [0.25, 0.3) is 10.9 Å². The van der Waals surface area contributed by atoms with Gasteiger partial charge in [0.05, 0.1) is 0 Å². The van der Waals surface area contributed by atoms with Gasteiger partial charge in [0.25, 0.3) is 0 Å². The highest BCUT2D eigenvalue weighted by Crippen LogP contribution is 2.15. The summed E-state index contributed by atoms with van der Waals surface area (Å²) in [5.74, 6) is -0.968. The molecule has 0 saturated carbocycles. The number of nitrogens with two attached hydrogens (primary N) is 1. The van der Waals surface area contributed by atoms with Crippen molar-refractivity contribution in [2.75, 3.05) is 0 Å². The van der Waals surface area contributed by atoms with Crippen molar-refractivity contribution >= 4 is 16.9 Å². The molecule has 0 radical (unpaired) electrons. The molecule has 0 saturated heterocycles. The van der Waals surface area contributed by atoms with Gasteiger partial charge in [-0.1, -0.05) is 6.07 Å². The number of H-pyrrole nitrogens is 1. The van der Waals surface area contributed by atoms with E-state index < -0.39 is 12.0 Å². The molecule has 1 aromatic heterocycles. The number of aromatic amines is 1. The molecule has 4 N–H and O–H groups in total. The number of aromatic nitrogens is 1. The SMILES string of the molecule is N[C@H](Cc1ccc2[nH]ccc2c1)C(=O)O. The average molecular weight is 204 g/mol. The summed E-state index contributed by atoms with van der Waals surface area (Å²) in [4.78, 5) is 13.7. The third-order valence-electron chi connectivity index (χ3n) is 2.39. The number of hydrogen-bond donors (Lipinski definition) is 3. The summed E-state index contributed by atoms with van der Waals surface area (Å²) < 4.78 is 0. The van der Waals surface area contributed by atoms with Gasteiger partial charge < -0.3 is 15.8 Å². The molecule has 0 aliphatic rings. The summed E-state index contributed by atoms with van der Waals surface area (Å²) in [6.45, 7) is 0. The van der Waals surface area contributed by atoms with Crippen LogP contribution in [0, 0.1) is 0 Å². The fraction of sp³-hybridized carbons (Fsp3) is 0.182. The molecule has 0 aliphatic carbocycles. The van der Waals surface area contributed by atoms with E-state index in [4.69, 9.17) is 10.8 Å². The molecule has 1 atom stereocenters. The molecular weight excluding hydrogens is 192 g/mol. The summed E-state index contributed by atoms with van der Waals surface area (Å²) in [6, 6.07) is 6.89. The molecule has 0 fully saturated rings. The van der Waals surface area contributed by atoms with Gasteiger partial charge in [-0.3, -0.25) is 4.79 Å². The van der Waals surface area contributed by atoms with Crippen molar-refractivity contribution in [1.82, 2.24) is 4.98 Å². The first-order chi connectivity index (χ1) is 7.16. The second-order valence-corrected chi connectivity index (χ2v) is 3.55. The molecule has 0 amide bonds. The minimum atomic E-state index is -0.968. The molecule has 4 nitrogen and oxygen atoms in total. The Bertz CT molecular complexity index is 490. The second kappa shape index (κ2) is 3.74. The Morgan fingerprint density at radius 3 is 3.00 bits per heavy atom. The summed E-state index contributed by atoms with van der Waals surface area (Å²) in [7, 11) is 0.